The highest BCUT2D eigenvalue weighted by molar-refractivity contribution is 5.97. The van der Waals surface area contributed by atoms with Gasteiger partial charge >= 0.3 is 5.97 Å². The molecule has 0 amide bonds. The van der Waals surface area contributed by atoms with E-state index in [1.54, 1.807) is 6.08 Å². The second-order valence-corrected chi connectivity index (χ2v) is 7.36. The summed E-state index contributed by atoms with van der Waals surface area (Å²) in [5.74, 6) is -0.538. The Kier molecular flexibility index (Phi) is 5.87. The predicted molar refractivity (Wildman–Crippen MR) is 117 cm³/mol. The van der Waals surface area contributed by atoms with Crippen molar-refractivity contribution in [1.29, 1.82) is 0 Å². The van der Waals surface area contributed by atoms with Gasteiger partial charge in [-0.3, -0.25) is 14.9 Å². The monoisotopic (exact) mass is 397 g/mol. The lowest BCUT2D eigenvalue weighted by Crippen LogP contribution is -2.60. The molecule has 0 aromatic heterocycles. The fourth-order valence-electron chi connectivity index (χ4n) is 3.78. The number of benzene rings is 3. The molecule has 3 aromatic carbocycles. The first-order valence-corrected chi connectivity index (χ1v) is 9.99. The van der Waals surface area contributed by atoms with Gasteiger partial charge in [0.15, 0.2) is 5.78 Å². The zero-order chi connectivity index (χ0) is 20.8. The maximum atomic E-state index is 12.6. The quantitative estimate of drug-likeness (QED) is 0.502. The van der Waals surface area contributed by atoms with Crippen LogP contribution < -0.4 is 5.32 Å². The van der Waals surface area contributed by atoms with E-state index in [1.165, 1.54) is 6.08 Å². The summed E-state index contributed by atoms with van der Waals surface area (Å²) >= 11 is 0. The lowest BCUT2D eigenvalue weighted by atomic mass is 9.81. The number of carbonyl (C=O) groups excluding carboxylic acids is 2. The number of allylic oxidation sites excluding steroid dienone is 1. The summed E-state index contributed by atoms with van der Waals surface area (Å²) in [7, 11) is 0. The van der Waals surface area contributed by atoms with Crippen LogP contribution in [-0.2, 0) is 19.9 Å². The average Bonchev–Trinajstić information content (AvgIpc) is 2.81. The standard InChI is InChI=1S/C26H23NO3/c28-23(17-16-20-10-4-1-5-11-20)18-24-25(29)30-19-26(27-24,21-12-6-2-7-13-21)22-14-8-3-9-15-22/h1-17,24,27H,18-19H2/b17-16+/t24-/m1/s1. The Bertz CT molecular complexity index is 990. The van der Waals surface area contributed by atoms with Gasteiger partial charge in [-0.05, 0) is 22.8 Å². The molecule has 1 saturated heterocycles. The number of esters is 1. The maximum Gasteiger partial charge on any atom is 0.323 e. The van der Waals surface area contributed by atoms with Crippen LogP contribution in [0.5, 0.6) is 0 Å². The van der Waals surface area contributed by atoms with Crippen molar-refractivity contribution in [2.24, 2.45) is 0 Å². The Morgan fingerprint density at radius 3 is 2.00 bits per heavy atom. The SMILES string of the molecule is O=C(/C=C/c1ccccc1)C[C@H]1NC(c2ccccc2)(c2ccccc2)COC1=O. The van der Waals surface area contributed by atoms with Gasteiger partial charge in [0.25, 0.3) is 0 Å². The number of ketones is 1. The van der Waals surface area contributed by atoms with E-state index in [9.17, 15) is 9.59 Å². The van der Waals surface area contributed by atoms with Crippen LogP contribution in [0.15, 0.2) is 97.1 Å². The van der Waals surface area contributed by atoms with Crippen LogP contribution >= 0.6 is 0 Å². The molecule has 3 aromatic rings. The molecule has 1 N–H and O–H groups in total. The molecule has 0 aliphatic carbocycles. The molecule has 0 bridgehead atoms. The van der Waals surface area contributed by atoms with Gasteiger partial charge in [-0.2, -0.15) is 0 Å². The fraction of sp³-hybridized carbons (Fsp3) is 0.154. The Labute approximate surface area is 176 Å². The summed E-state index contributed by atoms with van der Waals surface area (Å²) in [6, 6.07) is 28.6. The van der Waals surface area contributed by atoms with Crippen LogP contribution in [0.1, 0.15) is 23.1 Å². The lowest BCUT2D eigenvalue weighted by molar-refractivity contribution is -0.155. The van der Waals surface area contributed by atoms with Gasteiger partial charge in [0.1, 0.15) is 18.2 Å². The van der Waals surface area contributed by atoms with Crippen LogP contribution in [0.2, 0.25) is 0 Å². The van der Waals surface area contributed by atoms with Gasteiger partial charge in [0, 0.05) is 6.42 Å². The highest BCUT2D eigenvalue weighted by Crippen LogP contribution is 2.33. The molecule has 0 unspecified atom stereocenters. The summed E-state index contributed by atoms with van der Waals surface area (Å²) in [4.78, 5) is 25.1. The summed E-state index contributed by atoms with van der Waals surface area (Å²) in [5.41, 5.74) is 2.21. The van der Waals surface area contributed by atoms with E-state index >= 15 is 0 Å². The van der Waals surface area contributed by atoms with Gasteiger partial charge in [0.2, 0.25) is 0 Å². The number of nitrogens with one attached hydrogen (secondary N) is 1. The molecule has 4 nitrogen and oxygen atoms in total. The predicted octanol–water partition coefficient (Wildman–Crippen LogP) is 4.12. The molecule has 4 rings (SSSR count). The summed E-state index contributed by atoms with van der Waals surface area (Å²) in [6.07, 6.45) is 3.31. The van der Waals surface area contributed by atoms with Crippen molar-refractivity contribution in [2.75, 3.05) is 6.61 Å². The Morgan fingerprint density at radius 1 is 0.900 bits per heavy atom. The van der Waals surface area contributed by atoms with Crippen molar-refractivity contribution in [3.05, 3.63) is 114 Å². The third-order valence-electron chi connectivity index (χ3n) is 5.34. The third-order valence-corrected chi connectivity index (χ3v) is 5.34. The zero-order valence-electron chi connectivity index (χ0n) is 16.5. The Hall–Kier alpha value is -3.50. The first kappa shape index (κ1) is 19.8. The largest absolute Gasteiger partial charge is 0.462 e. The molecule has 0 saturated carbocycles. The van der Waals surface area contributed by atoms with Gasteiger partial charge in [0.05, 0.1) is 0 Å². The average molecular weight is 397 g/mol. The Morgan fingerprint density at radius 2 is 1.43 bits per heavy atom. The van der Waals surface area contributed by atoms with Crippen LogP contribution in [0.25, 0.3) is 6.08 Å². The van der Waals surface area contributed by atoms with E-state index in [-0.39, 0.29) is 18.8 Å². The highest BCUT2D eigenvalue weighted by atomic mass is 16.5. The molecular formula is C26H23NO3. The molecule has 1 heterocycles. The number of hydrogen-bond donors (Lipinski definition) is 1. The Balaban J connectivity index is 1.59. The third kappa shape index (κ3) is 4.24. The van der Waals surface area contributed by atoms with E-state index in [1.807, 2.05) is 91.0 Å². The highest BCUT2D eigenvalue weighted by Gasteiger charge is 2.44. The van der Waals surface area contributed by atoms with E-state index < -0.39 is 17.6 Å². The lowest BCUT2D eigenvalue weighted by Gasteiger charge is -2.42. The maximum absolute atomic E-state index is 12.6. The fourth-order valence-corrected chi connectivity index (χ4v) is 3.78. The van der Waals surface area contributed by atoms with Gasteiger partial charge in [-0.1, -0.05) is 97.1 Å². The number of cyclic esters (lactones) is 1. The van der Waals surface area contributed by atoms with Crippen LogP contribution in [0.4, 0.5) is 0 Å². The number of morpholine rings is 1. The molecule has 1 aliphatic rings. The topological polar surface area (TPSA) is 55.4 Å². The normalized spacial score (nSPS) is 18.1. The van der Waals surface area contributed by atoms with Gasteiger partial charge in [-0.25, -0.2) is 0 Å². The summed E-state index contributed by atoms with van der Waals surface area (Å²) < 4.78 is 5.60. The number of ether oxygens (including phenoxy) is 1. The first-order valence-electron chi connectivity index (χ1n) is 9.99. The van der Waals surface area contributed by atoms with Crippen molar-refractivity contribution in [2.45, 2.75) is 18.0 Å². The van der Waals surface area contributed by atoms with Gasteiger partial charge in [-0.15, -0.1) is 0 Å². The van der Waals surface area contributed by atoms with Crippen LogP contribution in [0, 0.1) is 0 Å². The van der Waals surface area contributed by atoms with Crippen molar-refractivity contribution >= 4 is 17.8 Å². The molecule has 0 radical (unpaired) electrons. The van der Waals surface area contributed by atoms with E-state index in [0.717, 1.165) is 16.7 Å². The second-order valence-electron chi connectivity index (χ2n) is 7.36. The van der Waals surface area contributed by atoms with Crippen molar-refractivity contribution < 1.29 is 14.3 Å². The van der Waals surface area contributed by atoms with E-state index in [0.29, 0.717) is 0 Å². The second kappa shape index (κ2) is 8.89. The minimum Gasteiger partial charge on any atom is -0.462 e. The van der Waals surface area contributed by atoms with E-state index in [4.69, 9.17) is 4.74 Å². The summed E-state index contributed by atoms with van der Waals surface area (Å²) in [5, 5.41) is 3.45. The smallest absolute Gasteiger partial charge is 0.323 e. The molecule has 1 fully saturated rings. The molecule has 150 valence electrons. The molecular weight excluding hydrogens is 374 g/mol. The first-order chi connectivity index (χ1) is 14.7. The number of carbonyl (C=O) groups is 2. The molecule has 4 heteroatoms. The number of hydrogen-bond acceptors (Lipinski definition) is 4. The summed E-state index contributed by atoms with van der Waals surface area (Å²) in [6.45, 7) is 0.171. The molecule has 0 spiro atoms. The van der Waals surface area contributed by atoms with Crippen molar-refractivity contribution in [3.8, 4) is 0 Å². The van der Waals surface area contributed by atoms with Gasteiger partial charge < -0.3 is 4.74 Å². The van der Waals surface area contributed by atoms with Crippen LogP contribution in [-0.4, -0.2) is 24.4 Å². The van der Waals surface area contributed by atoms with Crippen molar-refractivity contribution in [3.63, 3.8) is 0 Å². The molecule has 30 heavy (non-hydrogen) atoms. The minimum atomic E-state index is -0.730. The van der Waals surface area contributed by atoms with Crippen LogP contribution in [0.3, 0.4) is 0 Å². The zero-order valence-corrected chi connectivity index (χ0v) is 16.5. The number of rotatable bonds is 6. The minimum absolute atomic E-state index is 0.0313. The van der Waals surface area contributed by atoms with Crippen molar-refractivity contribution in [1.82, 2.24) is 5.32 Å². The molecule has 1 atom stereocenters. The van der Waals surface area contributed by atoms with E-state index in [2.05, 4.69) is 5.32 Å². The molecule has 1 aliphatic heterocycles.